The summed E-state index contributed by atoms with van der Waals surface area (Å²) in [5, 5.41) is 10.5. The predicted molar refractivity (Wildman–Crippen MR) is 149 cm³/mol. The van der Waals surface area contributed by atoms with Gasteiger partial charge in [-0.2, -0.15) is 0 Å². The van der Waals surface area contributed by atoms with E-state index in [1.54, 1.807) is 17.0 Å². The number of nitrogens with zero attached hydrogens (tertiary/aromatic N) is 3. The van der Waals surface area contributed by atoms with Gasteiger partial charge in [0.2, 0.25) is 5.95 Å². The topological polar surface area (TPSA) is 112 Å². The smallest absolute Gasteiger partial charge is 0.264 e. The Morgan fingerprint density at radius 2 is 1.89 bits per heavy atom. The fraction of sp³-hybridized carbons (Fsp3) is 0.393. The fourth-order valence-electron chi connectivity index (χ4n) is 4.85. The van der Waals surface area contributed by atoms with Crippen LogP contribution in [-0.4, -0.2) is 53.0 Å². The lowest BCUT2D eigenvalue weighted by Crippen LogP contribution is -2.43. The van der Waals surface area contributed by atoms with E-state index >= 15 is 0 Å². The number of β-amino-alcohol motifs (C(OH)–C–C–N with tert-alkyl or cyclic N) is 1. The van der Waals surface area contributed by atoms with Gasteiger partial charge in [0.1, 0.15) is 5.15 Å². The maximum atomic E-state index is 13.6. The van der Waals surface area contributed by atoms with Gasteiger partial charge in [0.15, 0.2) is 0 Å². The summed E-state index contributed by atoms with van der Waals surface area (Å²) in [6, 6.07) is 15.0. The standard InChI is InChI=1S/C28H33ClN4O4S/c1-18(2)14-21-10-7-11-22(34)17-33(21)27(35)20-9-6-12-23(15-20)38(36,37)32-28-30-25(16-26(29)31-28)24-13-5-4-8-19(24)3/h4-6,8-9,12-13,15-16,18,21-22,34H,7,10-11,14,17H2,1-3H3,(H,30,31,32)/t21?,22-/m1/s1. The van der Waals surface area contributed by atoms with Gasteiger partial charge in [-0.25, -0.2) is 23.1 Å². The average Bonchev–Trinajstić information content (AvgIpc) is 3.03. The highest BCUT2D eigenvalue weighted by Gasteiger charge is 2.30. The van der Waals surface area contributed by atoms with Crippen molar-refractivity contribution in [3.05, 3.63) is 70.9 Å². The van der Waals surface area contributed by atoms with Gasteiger partial charge in [-0.3, -0.25) is 4.79 Å². The molecule has 1 saturated heterocycles. The van der Waals surface area contributed by atoms with Gasteiger partial charge in [0.05, 0.1) is 16.7 Å². The number of aliphatic hydroxyl groups is 1. The van der Waals surface area contributed by atoms with Crippen LogP contribution in [-0.2, 0) is 10.0 Å². The quantitative estimate of drug-likeness (QED) is 0.381. The highest BCUT2D eigenvalue weighted by atomic mass is 35.5. The van der Waals surface area contributed by atoms with Crippen LogP contribution in [0.3, 0.4) is 0 Å². The normalized spacial score (nSPS) is 18.3. The molecule has 2 N–H and O–H groups in total. The number of carbonyl (C=O) groups is 1. The van der Waals surface area contributed by atoms with Crippen LogP contribution in [0, 0.1) is 12.8 Å². The average molecular weight is 557 g/mol. The van der Waals surface area contributed by atoms with Crippen molar-refractivity contribution in [3.63, 3.8) is 0 Å². The number of sulfonamides is 1. The third-order valence-corrected chi connectivity index (χ3v) is 8.18. The maximum Gasteiger partial charge on any atom is 0.264 e. The van der Waals surface area contributed by atoms with Crippen LogP contribution in [0.15, 0.2) is 59.5 Å². The SMILES string of the molecule is Cc1ccccc1-c1cc(Cl)nc(NS(=O)(=O)c2cccc(C(=O)N3C[C@H](O)CCCC3CC(C)C)c2)n1. The summed E-state index contributed by atoms with van der Waals surface area (Å²) >= 11 is 6.20. The Morgan fingerprint density at radius 1 is 1.13 bits per heavy atom. The summed E-state index contributed by atoms with van der Waals surface area (Å²) in [4.78, 5) is 23.6. The Morgan fingerprint density at radius 3 is 2.63 bits per heavy atom. The number of carbonyl (C=O) groups excluding carboxylic acids is 1. The largest absolute Gasteiger partial charge is 0.391 e. The molecule has 1 aromatic heterocycles. The second-order valence-electron chi connectivity index (χ2n) is 10.2. The van der Waals surface area contributed by atoms with E-state index in [-0.39, 0.29) is 40.1 Å². The summed E-state index contributed by atoms with van der Waals surface area (Å²) in [6.45, 7) is 6.35. The number of anilines is 1. The number of benzene rings is 2. The molecule has 2 atom stereocenters. The zero-order valence-corrected chi connectivity index (χ0v) is 23.3. The molecule has 10 heteroatoms. The molecule has 2 aromatic carbocycles. The number of halogens is 1. The Bertz CT molecular complexity index is 1410. The van der Waals surface area contributed by atoms with Crippen LogP contribution in [0.2, 0.25) is 5.15 Å². The van der Waals surface area contributed by atoms with Crippen molar-refractivity contribution in [2.45, 2.75) is 63.5 Å². The van der Waals surface area contributed by atoms with Gasteiger partial charge in [0.25, 0.3) is 15.9 Å². The molecular weight excluding hydrogens is 524 g/mol. The summed E-state index contributed by atoms with van der Waals surface area (Å²) < 4.78 is 29.0. The van der Waals surface area contributed by atoms with Crippen molar-refractivity contribution in [2.75, 3.05) is 11.3 Å². The number of aliphatic hydroxyl groups excluding tert-OH is 1. The Kier molecular flexibility index (Phi) is 8.70. The van der Waals surface area contributed by atoms with Crippen LogP contribution in [0.25, 0.3) is 11.3 Å². The molecule has 202 valence electrons. The molecule has 2 heterocycles. The molecule has 0 radical (unpaired) electrons. The van der Waals surface area contributed by atoms with Gasteiger partial charge in [-0.15, -0.1) is 0 Å². The summed E-state index contributed by atoms with van der Waals surface area (Å²) in [5.74, 6) is -0.0849. The molecule has 1 fully saturated rings. The monoisotopic (exact) mass is 556 g/mol. The van der Waals surface area contributed by atoms with E-state index in [1.807, 2.05) is 31.2 Å². The first kappa shape index (κ1) is 28.0. The molecule has 1 unspecified atom stereocenters. The van der Waals surface area contributed by atoms with Crippen molar-refractivity contribution in [2.24, 2.45) is 5.92 Å². The van der Waals surface area contributed by atoms with Gasteiger partial charge < -0.3 is 10.0 Å². The van der Waals surface area contributed by atoms with Crippen molar-refractivity contribution in [1.82, 2.24) is 14.9 Å². The molecule has 38 heavy (non-hydrogen) atoms. The number of nitrogens with one attached hydrogen (secondary N) is 1. The lowest BCUT2D eigenvalue weighted by molar-refractivity contribution is 0.0535. The van der Waals surface area contributed by atoms with E-state index < -0.39 is 16.1 Å². The molecule has 1 amide bonds. The molecule has 4 rings (SSSR count). The van der Waals surface area contributed by atoms with Crippen LogP contribution < -0.4 is 4.72 Å². The Balaban J connectivity index is 1.61. The van der Waals surface area contributed by atoms with E-state index in [2.05, 4.69) is 28.5 Å². The number of rotatable bonds is 7. The number of likely N-dealkylation sites (tertiary alicyclic amines) is 1. The highest BCUT2D eigenvalue weighted by Crippen LogP contribution is 2.27. The van der Waals surface area contributed by atoms with E-state index in [4.69, 9.17) is 11.6 Å². The van der Waals surface area contributed by atoms with Gasteiger partial charge in [-0.05, 0) is 62.3 Å². The number of aromatic nitrogens is 2. The fourth-order valence-corrected chi connectivity index (χ4v) is 6.03. The summed E-state index contributed by atoms with van der Waals surface area (Å²) in [5.41, 5.74) is 2.49. The molecule has 0 aliphatic carbocycles. The lowest BCUT2D eigenvalue weighted by Gasteiger charge is -2.32. The Labute approximate surface area is 229 Å². The minimum atomic E-state index is -4.13. The second-order valence-corrected chi connectivity index (χ2v) is 12.2. The number of amides is 1. The van der Waals surface area contributed by atoms with Crippen molar-refractivity contribution in [1.29, 1.82) is 0 Å². The van der Waals surface area contributed by atoms with Crippen LogP contribution in [0.4, 0.5) is 5.95 Å². The molecule has 3 aromatic rings. The zero-order valence-electron chi connectivity index (χ0n) is 21.8. The maximum absolute atomic E-state index is 13.6. The van der Waals surface area contributed by atoms with Gasteiger partial charge >= 0.3 is 0 Å². The first-order valence-electron chi connectivity index (χ1n) is 12.8. The summed E-state index contributed by atoms with van der Waals surface area (Å²) in [6.07, 6.45) is 2.49. The molecule has 1 aliphatic rings. The molecule has 0 spiro atoms. The number of hydrogen-bond donors (Lipinski definition) is 2. The van der Waals surface area contributed by atoms with E-state index in [9.17, 15) is 18.3 Å². The van der Waals surface area contributed by atoms with Gasteiger partial charge in [0, 0.05) is 29.8 Å². The molecule has 1 aliphatic heterocycles. The third kappa shape index (κ3) is 6.70. The summed E-state index contributed by atoms with van der Waals surface area (Å²) in [7, 11) is -4.13. The van der Waals surface area contributed by atoms with Crippen LogP contribution in [0.5, 0.6) is 0 Å². The number of hydrogen-bond acceptors (Lipinski definition) is 6. The minimum absolute atomic E-state index is 0.0160. The second kappa shape index (κ2) is 11.8. The minimum Gasteiger partial charge on any atom is -0.391 e. The lowest BCUT2D eigenvalue weighted by atomic mass is 9.98. The van der Waals surface area contributed by atoms with Crippen LogP contribution in [0.1, 0.15) is 55.5 Å². The Hall–Kier alpha value is -3.01. The van der Waals surface area contributed by atoms with E-state index in [0.29, 0.717) is 18.0 Å². The van der Waals surface area contributed by atoms with Crippen molar-refractivity contribution in [3.8, 4) is 11.3 Å². The molecular formula is C28H33ClN4O4S. The van der Waals surface area contributed by atoms with Crippen LogP contribution >= 0.6 is 11.6 Å². The van der Waals surface area contributed by atoms with E-state index in [1.165, 1.54) is 18.2 Å². The molecule has 0 bridgehead atoms. The molecule has 8 nitrogen and oxygen atoms in total. The highest BCUT2D eigenvalue weighted by molar-refractivity contribution is 7.92. The zero-order chi connectivity index (χ0) is 27.4. The number of aryl methyl sites for hydroxylation is 1. The van der Waals surface area contributed by atoms with Gasteiger partial charge in [-0.1, -0.05) is 55.8 Å². The third-order valence-electron chi connectivity index (χ3n) is 6.66. The van der Waals surface area contributed by atoms with Crippen molar-refractivity contribution >= 4 is 33.5 Å². The first-order chi connectivity index (χ1) is 18.0. The first-order valence-corrected chi connectivity index (χ1v) is 14.6. The van der Waals surface area contributed by atoms with Crippen molar-refractivity contribution < 1.29 is 18.3 Å². The predicted octanol–water partition coefficient (Wildman–Crippen LogP) is 5.31. The molecule has 0 saturated carbocycles. The van der Waals surface area contributed by atoms with E-state index in [0.717, 1.165) is 30.4 Å².